The first-order valence-electron chi connectivity index (χ1n) is 11.6. The zero-order valence-electron chi connectivity index (χ0n) is 20.3. The first-order valence-corrected chi connectivity index (χ1v) is 11.6. The van der Waals surface area contributed by atoms with Gasteiger partial charge in [0.05, 0.1) is 18.4 Å². The molecular weight excluding hydrogens is 424 g/mol. The third-order valence-electron chi connectivity index (χ3n) is 5.54. The average Bonchev–Trinajstić information content (AvgIpc) is 3.51. The van der Waals surface area contributed by atoms with Gasteiger partial charge < -0.3 is 25.2 Å². The number of carbonyl (C=O) groups is 3. The highest BCUT2D eigenvalue weighted by Gasteiger charge is 2.50. The van der Waals surface area contributed by atoms with Crippen molar-refractivity contribution < 1.29 is 29.3 Å². The minimum Gasteiger partial charge on any atom is -0.481 e. The largest absolute Gasteiger partial charge is 0.481 e. The Morgan fingerprint density at radius 1 is 1.15 bits per heavy atom. The van der Waals surface area contributed by atoms with Gasteiger partial charge in [-0.15, -0.1) is 0 Å². The van der Waals surface area contributed by atoms with Crippen LogP contribution in [0.3, 0.4) is 0 Å². The fraction of sp³-hybridized carbons (Fsp3) is 0.640. The summed E-state index contributed by atoms with van der Waals surface area (Å²) in [6, 6.07) is 9.02. The summed E-state index contributed by atoms with van der Waals surface area (Å²) < 4.78 is 5.62. The molecule has 1 aliphatic rings. The number of nitrogens with zero attached hydrogens (tertiary/aromatic N) is 1. The molecule has 1 aliphatic carbocycles. The lowest BCUT2D eigenvalue weighted by Gasteiger charge is -2.32. The number of aliphatic hydroxyl groups is 1. The predicted octanol–water partition coefficient (Wildman–Crippen LogP) is 3.08. The number of hydrogen-bond acceptors (Lipinski definition) is 5. The molecule has 4 atom stereocenters. The molecule has 8 heteroatoms. The zero-order valence-corrected chi connectivity index (χ0v) is 20.3. The second kappa shape index (κ2) is 11.5. The number of carboxylic acid groups (broad SMARTS) is 1. The lowest BCUT2D eigenvalue weighted by atomic mass is 10.0. The van der Waals surface area contributed by atoms with Gasteiger partial charge in [0, 0.05) is 18.5 Å². The summed E-state index contributed by atoms with van der Waals surface area (Å²) in [6.45, 7) is 10.2. The molecule has 2 unspecified atom stereocenters. The van der Waals surface area contributed by atoms with Crippen LogP contribution in [-0.2, 0) is 20.7 Å². The molecular formula is C25H38N2O6. The van der Waals surface area contributed by atoms with Gasteiger partial charge in [0.15, 0.2) is 0 Å². The predicted molar refractivity (Wildman–Crippen MR) is 125 cm³/mol. The van der Waals surface area contributed by atoms with Gasteiger partial charge in [-0.1, -0.05) is 44.2 Å². The van der Waals surface area contributed by atoms with Crippen LogP contribution in [0.15, 0.2) is 30.3 Å². The number of benzene rings is 1. The Morgan fingerprint density at radius 2 is 1.79 bits per heavy atom. The van der Waals surface area contributed by atoms with E-state index >= 15 is 0 Å². The van der Waals surface area contributed by atoms with Crippen molar-refractivity contribution in [2.45, 2.75) is 71.6 Å². The van der Waals surface area contributed by atoms with Crippen molar-refractivity contribution in [3.63, 3.8) is 0 Å². The van der Waals surface area contributed by atoms with Crippen LogP contribution in [0.1, 0.15) is 53.0 Å². The van der Waals surface area contributed by atoms with Gasteiger partial charge in [0.2, 0.25) is 0 Å². The second-order valence-corrected chi connectivity index (χ2v) is 10.3. The number of nitrogens with one attached hydrogen (secondary N) is 1. The van der Waals surface area contributed by atoms with E-state index in [0.717, 1.165) is 12.0 Å². The highest BCUT2D eigenvalue weighted by molar-refractivity contribution is 5.86. The molecule has 8 nitrogen and oxygen atoms in total. The lowest BCUT2D eigenvalue weighted by Crippen LogP contribution is -2.52. The quantitative estimate of drug-likeness (QED) is 0.435. The maximum atomic E-state index is 12.9. The number of aliphatic carboxylic acids is 1. The normalized spacial score (nSPS) is 19.5. The van der Waals surface area contributed by atoms with Crippen LogP contribution in [0.25, 0.3) is 0 Å². The van der Waals surface area contributed by atoms with Gasteiger partial charge in [-0.25, -0.2) is 4.79 Å². The third kappa shape index (κ3) is 9.04. The number of ether oxygens (including phenoxy) is 1. The van der Waals surface area contributed by atoms with Crippen molar-refractivity contribution >= 4 is 18.0 Å². The highest BCUT2D eigenvalue weighted by Crippen LogP contribution is 2.40. The number of aliphatic hydroxyl groups excluding tert-OH is 1. The smallest absolute Gasteiger partial charge is 0.317 e. The Kier molecular flexibility index (Phi) is 9.28. The van der Waals surface area contributed by atoms with Crippen molar-refractivity contribution in [2.75, 3.05) is 13.1 Å². The summed E-state index contributed by atoms with van der Waals surface area (Å²) in [5.74, 6) is -2.68. The lowest BCUT2D eigenvalue weighted by molar-refractivity contribution is -0.159. The van der Waals surface area contributed by atoms with E-state index in [1.165, 1.54) is 0 Å². The molecule has 1 aromatic carbocycles. The number of urea groups is 1. The van der Waals surface area contributed by atoms with E-state index in [2.05, 4.69) is 19.2 Å². The Bertz CT molecular complexity index is 805. The molecule has 0 spiro atoms. The van der Waals surface area contributed by atoms with Crippen molar-refractivity contribution in [3.8, 4) is 0 Å². The maximum Gasteiger partial charge on any atom is 0.317 e. The number of rotatable bonds is 11. The minimum atomic E-state index is -1.13. The Balaban J connectivity index is 2.15. The number of carboxylic acids is 1. The number of amides is 2. The molecule has 0 heterocycles. The molecule has 1 saturated carbocycles. The van der Waals surface area contributed by atoms with Gasteiger partial charge in [-0.05, 0) is 45.1 Å². The van der Waals surface area contributed by atoms with Crippen LogP contribution in [0.4, 0.5) is 4.79 Å². The van der Waals surface area contributed by atoms with Crippen molar-refractivity contribution in [3.05, 3.63) is 35.9 Å². The van der Waals surface area contributed by atoms with Crippen LogP contribution >= 0.6 is 0 Å². The molecule has 0 aromatic heterocycles. The van der Waals surface area contributed by atoms with Crippen LogP contribution in [0.2, 0.25) is 0 Å². The molecule has 0 radical (unpaired) electrons. The van der Waals surface area contributed by atoms with Gasteiger partial charge in [-0.2, -0.15) is 0 Å². The molecule has 184 valence electrons. The molecule has 0 bridgehead atoms. The van der Waals surface area contributed by atoms with E-state index in [1.54, 1.807) is 4.90 Å². The van der Waals surface area contributed by atoms with Gasteiger partial charge in [0.1, 0.15) is 12.2 Å². The van der Waals surface area contributed by atoms with Crippen molar-refractivity contribution in [1.82, 2.24) is 10.2 Å². The number of carbonyl (C=O) groups excluding carboxylic acids is 2. The number of hydrogen-bond donors (Lipinski definition) is 3. The first-order chi connectivity index (χ1) is 15.4. The average molecular weight is 463 g/mol. The van der Waals surface area contributed by atoms with E-state index in [9.17, 15) is 19.5 Å². The Hall–Kier alpha value is -2.61. The molecule has 1 aromatic rings. The van der Waals surface area contributed by atoms with Crippen molar-refractivity contribution in [2.24, 2.45) is 17.8 Å². The van der Waals surface area contributed by atoms with Gasteiger partial charge in [-0.3, -0.25) is 9.59 Å². The molecule has 3 N–H and O–H groups in total. The van der Waals surface area contributed by atoms with Crippen LogP contribution in [0, 0.1) is 17.8 Å². The Morgan fingerprint density at radius 3 is 2.30 bits per heavy atom. The van der Waals surface area contributed by atoms with Crippen LogP contribution in [-0.4, -0.2) is 63.9 Å². The molecule has 1 fully saturated rings. The summed E-state index contributed by atoms with van der Waals surface area (Å²) in [4.78, 5) is 38.1. The molecule has 2 rings (SSSR count). The van der Waals surface area contributed by atoms with Gasteiger partial charge >= 0.3 is 18.0 Å². The monoisotopic (exact) mass is 462 g/mol. The SMILES string of the molecule is CC(C)CCN(C[C@@H](O)[C@H](Cc1ccccc1)OC(=O)C1CC1C(=O)O)C(=O)NC(C)(C)C. The Labute approximate surface area is 196 Å². The fourth-order valence-electron chi connectivity index (χ4n) is 3.50. The molecule has 0 aliphatic heterocycles. The minimum absolute atomic E-state index is 0.00750. The van der Waals surface area contributed by atoms with Crippen LogP contribution < -0.4 is 5.32 Å². The summed E-state index contributed by atoms with van der Waals surface area (Å²) in [5.41, 5.74) is 0.430. The summed E-state index contributed by atoms with van der Waals surface area (Å²) in [7, 11) is 0. The standard InChI is InChI=1S/C25H38N2O6/c1-16(2)11-12-27(24(32)26-25(3,4)5)15-20(28)21(13-17-9-7-6-8-10-17)33-23(31)19-14-18(19)22(29)30/h6-10,16,18-21,28H,11-15H2,1-5H3,(H,26,32)(H,29,30)/t18?,19?,20-,21+/m1/s1. The molecule has 2 amide bonds. The van der Waals surface area contributed by atoms with E-state index in [-0.39, 0.29) is 25.4 Å². The van der Waals surface area contributed by atoms with Crippen LogP contribution in [0.5, 0.6) is 0 Å². The zero-order chi connectivity index (χ0) is 24.8. The highest BCUT2D eigenvalue weighted by atomic mass is 16.6. The summed E-state index contributed by atoms with van der Waals surface area (Å²) in [5, 5.41) is 23.1. The van der Waals surface area contributed by atoms with E-state index in [0.29, 0.717) is 12.5 Å². The van der Waals surface area contributed by atoms with E-state index < -0.39 is 41.5 Å². The summed E-state index contributed by atoms with van der Waals surface area (Å²) in [6.07, 6.45) is -0.767. The fourth-order valence-corrected chi connectivity index (χ4v) is 3.50. The van der Waals surface area contributed by atoms with E-state index in [4.69, 9.17) is 9.84 Å². The second-order valence-electron chi connectivity index (χ2n) is 10.3. The third-order valence-corrected chi connectivity index (χ3v) is 5.54. The molecule has 0 saturated heterocycles. The summed E-state index contributed by atoms with van der Waals surface area (Å²) >= 11 is 0. The maximum absolute atomic E-state index is 12.9. The first kappa shape index (κ1) is 26.6. The topological polar surface area (TPSA) is 116 Å². The number of esters is 1. The van der Waals surface area contributed by atoms with Gasteiger partial charge in [0.25, 0.3) is 0 Å². The van der Waals surface area contributed by atoms with E-state index in [1.807, 2.05) is 51.1 Å². The molecule has 33 heavy (non-hydrogen) atoms. The van der Waals surface area contributed by atoms with Crippen molar-refractivity contribution in [1.29, 1.82) is 0 Å².